The van der Waals surface area contributed by atoms with Crippen LogP contribution in [0, 0.1) is 11.3 Å². The molecule has 0 saturated carbocycles. The van der Waals surface area contributed by atoms with Crippen LogP contribution >= 0.6 is 0 Å². The lowest BCUT2D eigenvalue weighted by atomic mass is 10.3. The maximum absolute atomic E-state index is 10.1. The fraction of sp³-hybridized carbons (Fsp3) is 0.400. The van der Waals surface area contributed by atoms with Crippen LogP contribution < -0.4 is 0 Å². The number of aliphatic imine (C=N–C) groups is 1. The highest BCUT2D eigenvalue weighted by Crippen LogP contribution is 1.86. The molecule has 5 nitrogen and oxygen atoms in total. The second-order valence-electron chi connectivity index (χ2n) is 1.44. The van der Waals surface area contributed by atoms with Gasteiger partial charge in [-0.15, -0.1) is 0 Å². The summed E-state index contributed by atoms with van der Waals surface area (Å²) in [4.78, 5) is 13.3. The number of carboxylic acids is 1. The minimum atomic E-state index is -1.24. The largest absolute Gasteiger partial charge is 0.480 e. The van der Waals surface area contributed by atoms with E-state index >= 15 is 0 Å². The summed E-state index contributed by atoms with van der Waals surface area (Å²) >= 11 is 0. The van der Waals surface area contributed by atoms with Crippen molar-refractivity contribution in [1.29, 1.82) is 5.26 Å². The zero-order valence-electron chi connectivity index (χ0n) is 5.06. The third-order valence-electron chi connectivity index (χ3n) is 0.770. The van der Waals surface area contributed by atoms with Crippen molar-refractivity contribution >= 4 is 12.2 Å². The molecule has 0 saturated heterocycles. The molecule has 0 fully saturated rings. The second kappa shape index (κ2) is 4.47. The predicted molar refractivity (Wildman–Crippen MR) is 32.6 cm³/mol. The van der Waals surface area contributed by atoms with E-state index in [0.717, 1.165) is 6.21 Å². The number of nitrogens with zero attached hydrogens (tertiary/aromatic N) is 2. The molecule has 0 amide bonds. The molecule has 0 rings (SSSR count). The molecule has 5 heteroatoms. The van der Waals surface area contributed by atoms with E-state index in [1.807, 2.05) is 0 Å². The number of rotatable bonds is 3. The van der Waals surface area contributed by atoms with E-state index in [1.165, 1.54) is 6.07 Å². The van der Waals surface area contributed by atoms with E-state index in [-0.39, 0.29) is 0 Å². The Bertz CT molecular complexity index is 182. The van der Waals surface area contributed by atoms with Crippen molar-refractivity contribution in [2.75, 3.05) is 6.61 Å². The van der Waals surface area contributed by atoms with E-state index in [4.69, 9.17) is 15.5 Å². The van der Waals surface area contributed by atoms with E-state index in [9.17, 15) is 4.79 Å². The Morgan fingerprint density at radius 3 is 2.80 bits per heavy atom. The van der Waals surface area contributed by atoms with Gasteiger partial charge in [0.2, 0.25) is 0 Å². The first-order valence-electron chi connectivity index (χ1n) is 2.47. The van der Waals surface area contributed by atoms with Gasteiger partial charge < -0.3 is 10.2 Å². The van der Waals surface area contributed by atoms with Crippen LogP contribution in [0.2, 0.25) is 0 Å². The topological polar surface area (TPSA) is 93.7 Å². The molecule has 0 aliphatic carbocycles. The Kier molecular flexibility index (Phi) is 3.84. The molecule has 0 aliphatic rings. The van der Waals surface area contributed by atoms with Gasteiger partial charge >= 0.3 is 5.97 Å². The lowest BCUT2D eigenvalue weighted by Crippen LogP contribution is -2.21. The quantitative estimate of drug-likeness (QED) is 0.495. The Hall–Kier alpha value is -1.41. The van der Waals surface area contributed by atoms with Crippen LogP contribution in [0.4, 0.5) is 0 Å². The van der Waals surface area contributed by atoms with Crippen LogP contribution in [0.1, 0.15) is 0 Å². The third-order valence-corrected chi connectivity index (χ3v) is 0.770. The van der Waals surface area contributed by atoms with Crippen LogP contribution in [0.15, 0.2) is 4.99 Å². The monoisotopic (exact) mass is 142 g/mol. The van der Waals surface area contributed by atoms with Gasteiger partial charge in [-0.1, -0.05) is 0 Å². The molecule has 0 heterocycles. The normalized spacial score (nSPS) is 12.8. The van der Waals surface area contributed by atoms with Gasteiger partial charge in [-0.25, -0.2) is 4.79 Å². The number of aliphatic carboxylic acids is 1. The summed E-state index contributed by atoms with van der Waals surface area (Å²) in [5.74, 6) is -1.24. The summed E-state index contributed by atoms with van der Waals surface area (Å²) in [5, 5.41) is 24.5. The van der Waals surface area contributed by atoms with Crippen molar-refractivity contribution in [1.82, 2.24) is 0 Å². The zero-order valence-corrected chi connectivity index (χ0v) is 5.06. The number of hydrogen-bond donors (Lipinski definition) is 2. The van der Waals surface area contributed by atoms with Crippen molar-refractivity contribution < 1.29 is 15.0 Å². The lowest BCUT2D eigenvalue weighted by Gasteiger charge is -1.98. The van der Waals surface area contributed by atoms with Crippen molar-refractivity contribution in [3.05, 3.63) is 0 Å². The molecule has 54 valence electrons. The summed E-state index contributed by atoms with van der Waals surface area (Å²) in [6.07, 6.45) is 0.787. The predicted octanol–water partition coefficient (Wildman–Crippen LogP) is -0.974. The maximum atomic E-state index is 10.1. The Morgan fingerprint density at radius 1 is 1.90 bits per heavy atom. The van der Waals surface area contributed by atoms with Gasteiger partial charge in [-0.2, -0.15) is 5.26 Å². The summed E-state index contributed by atoms with van der Waals surface area (Å²) in [6, 6.07) is 0.313. The highest BCUT2D eigenvalue weighted by Gasteiger charge is 2.12. The summed E-state index contributed by atoms with van der Waals surface area (Å²) in [5.41, 5.74) is 0. The van der Waals surface area contributed by atoms with Crippen LogP contribution in [-0.2, 0) is 4.79 Å². The standard InChI is InChI=1S/C5H6N2O3/c6-1-2-7-4(3-8)5(9)10/h2,4,8H,3H2,(H,9,10)/t4-/m0/s1. The maximum Gasteiger partial charge on any atom is 0.330 e. The number of carbonyl (C=O) groups is 1. The van der Waals surface area contributed by atoms with E-state index in [1.54, 1.807) is 0 Å². The van der Waals surface area contributed by atoms with Crippen molar-refractivity contribution in [3.63, 3.8) is 0 Å². The van der Waals surface area contributed by atoms with E-state index in [2.05, 4.69) is 4.99 Å². The summed E-state index contributed by atoms with van der Waals surface area (Å²) < 4.78 is 0. The first-order chi connectivity index (χ1) is 4.72. The molecule has 0 aromatic heterocycles. The lowest BCUT2D eigenvalue weighted by molar-refractivity contribution is -0.139. The van der Waals surface area contributed by atoms with Crippen LogP contribution in [0.25, 0.3) is 0 Å². The van der Waals surface area contributed by atoms with E-state index < -0.39 is 18.6 Å². The first-order valence-corrected chi connectivity index (χ1v) is 2.47. The number of aliphatic hydroxyl groups excluding tert-OH is 1. The van der Waals surface area contributed by atoms with Crippen molar-refractivity contribution in [3.8, 4) is 6.07 Å². The van der Waals surface area contributed by atoms with Crippen molar-refractivity contribution in [2.45, 2.75) is 6.04 Å². The van der Waals surface area contributed by atoms with Gasteiger partial charge in [0.1, 0.15) is 6.07 Å². The first kappa shape index (κ1) is 8.59. The molecule has 0 spiro atoms. The number of carboxylic acid groups (broad SMARTS) is 1. The zero-order chi connectivity index (χ0) is 7.98. The smallest absolute Gasteiger partial charge is 0.330 e. The molecule has 0 radical (unpaired) electrons. The summed E-state index contributed by atoms with van der Waals surface area (Å²) in [7, 11) is 0. The number of hydrogen-bond acceptors (Lipinski definition) is 4. The van der Waals surface area contributed by atoms with Crippen molar-refractivity contribution in [2.24, 2.45) is 4.99 Å². The van der Waals surface area contributed by atoms with E-state index in [0.29, 0.717) is 0 Å². The van der Waals surface area contributed by atoms with Gasteiger partial charge in [0.05, 0.1) is 12.8 Å². The molecule has 0 aromatic carbocycles. The molecule has 0 bridgehead atoms. The van der Waals surface area contributed by atoms with Gasteiger partial charge in [0.25, 0.3) is 0 Å². The molecule has 1 atom stereocenters. The van der Waals surface area contributed by atoms with Gasteiger partial charge in [0, 0.05) is 0 Å². The molecule has 2 N–H and O–H groups in total. The van der Waals surface area contributed by atoms with Gasteiger partial charge in [-0.05, 0) is 0 Å². The molecule has 0 unspecified atom stereocenters. The second-order valence-corrected chi connectivity index (χ2v) is 1.44. The average molecular weight is 142 g/mol. The van der Waals surface area contributed by atoms with Gasteiger partial charge in [-0.3, -0.25) is 4.99 Å². The molecular weight excluding hydrogens is 136 g/mol. The van der Waals surface area contributed by atoms with Gasteiger partial charge in [0.15, 0.2) is 6.04 Å². The van der Waals surface area contributed by atoms with Crippen LogP contribution in [0.5, 0.6) is 0 Å². The highest BCUT2D eigenvalue weighted by molar-refractivity contribution is 5.80. The molecule has 10 heavy (non-hydrogen) atoms. The fourth-order valence-electron chi connectivity index (χ4n) is 0.312. The van der Waals surface area contributed by atoms with Crippen LogP contribution in [0.3, 0.4) is 0 Å². The Balaban J connectivity index is 3.98. The number of aliphatic hydroxyl groups is 1. The average Bonchev–Trinajstić information content (AvgIpc) is 1.89. The molecular formula is C5H6N2O3. The fourth-order valence-corrected chi connectivity index (χ4v) is 0.312. The van der Waals surface area contributed by atoms with Crippen LogP contribution in [-0.4, -0.2) is 35.0 Å². The SMILES string of the molecule is N#CC=N[C@@H](CO)C(=O)O. The minimum absolute atomic E-state index is 0.590. The minimum Gasteiger partial charge on any atom is -0.480 e. The third kappa shape index (κ3) is 2.79. The molecule has 0 aliphatic heterocycles. The summed E-state index contributed by atoms with van der Waals surface area (Å²) in [6.45, 7) is -0.590. The number of nitriles is 1. The highest BCUT2D eigenvalue weighted by atomic mass is 16.4. The Morgan fingerprint density at radius 2 is 2.50 bits per heavy atom. The molecule has 0 aromatic rings. The Labute approximate surface area is 57.2 Å².